The molecule has 3 rings (SSSR count). The summed E-state index contributed by atoms with van der Waals surface area (Å²) < 4.78 is 6.03. The van der Waals surface area contributed by atoms with Gasteiger partial charge in [-0.1, -0.05) is 15.9 Å². The van der Waals surface area contributed by atoms with Gasteiger partial charge in [0.25, 0.3) is 5.91 Å². The number of anilines is 2. The summed E-state index contributed by atoms with van der Waals surface area (Å²) in [4.78, 5) is 31.0. The fraction of sp³-hybridized carbons (Fsp3) is 0.118. The summed E-state index contributed by atoms with van der Waals surface area (Å²) in [6.07, 6.45) is 1.54. The molecule has 0 fully saturated rings. The standard InChI is InChI=1S/C17H15BrN4O3/c1-9(23)21-13-4-3-11(7-15(13)25-2)22-17(24)12-5-10(18)6-14-16(12)20-8-19-14/h3-8H,1-2H3,(H,19,20)(H,21,23)(H,22,24). The number of fused-ring (bicyclic) bond motifs is 1. The fourth-order valence-electron chi connectivity index (χ4n) is 2.45. The van der Waals surface area contributed by atoms with Gasteiger partial charge in [-0.2, -0.15) is 0 Å². The molecule has 0 bridgehead atoms. The van der Waals surface area contributed by atoms with Crippen LogP contribution in [0.3, 0.4) is 0 Å². The fourth-order valence-corrected chi connectivity index (χ4v) is 2.91. The van der Waals surface area contributed by atoms with E-state index in [0.29, 0.717) is 28.2 Å². The van der Waals surface area contributed by atoms with Gasteiger partial charge >= 0.3 is 0 Å². The number of aromatic nitrogens is 2. The van der Waals surface area contributed by atoms with Gasteiger partial charge in [-0.25, -0.2) is 4.98 Å². The highest BCUT2D eigenvalue weighted by molar-refractivity contribution is 9.10. The topological polar surface area (TPSA) is 96.1 Å². The van der Waals surface area contributed by atoms with E-state index < -0.39 is 0 Å². The molecule has 0 aliphatic heterocycles. The van der Waals surface area contributed by atoms with Crippen LogP contribution in [0, 0.1) is 0 Å². The Labute approximate surface area is 151 Å². The van der Waals surface area contributed by atoms with E-state index in [1.54, 1.807) is 30.6 Å². The lowest BCUT2D eigenvalue weighted by Gasteiger charge is -2.12. The van der Waals surface area contributed by atoms with Gasteiger partial charge in [-0.15, -0.1) is 0 Å². The lowest BCUT2D eigenvalue weighted by molar-refractivity contribution is -0.114. The molecule has 0 aliphatic carbocycles. The number of H-pyrrole nitrogens is 1. The van der Waals surface area contributed by atoms with E-state index in [-0.39, 0.29) is 11.8 Å². The molecule has 3 N–H and O–H groups in total. The van der Waals surface area contributed by atoms with Crippen LogP contribution in [0.15, 0.2) is 41.1 Å². The van der Waals surface area contributed by atoms with Crippen molar-refractivity contribution in [2.75, 3.05) is 17.7 Å². The smallest absolute Gasteiger partial charge is 0.257 e. The van der Waals surface area contributed by atoms with E-state index in [0.717, 1.165) is 9.99 Å². The summed E-state index contributed by atoms with van der Waals surface area (Å²) in [5.74, 6) is -0.0509. The summed E-state index contributed by atoms with van der Waals surface area (Å²) in [5, 5.41) is 5.48. The Balaban J connectivity index is 1.90. The van der Waals surface area contributed by atoms with Crippen molar-refractivity contribution in [1.82, 2.24) is 9.97 Å². The highest BCUT2D eigenvalue weighted by Crippen LogP contribution is 2.29. The molecule has 128 valence electrons. The molecule has 0 radical (unpaired) electrons. The Morgan fingerprint density at radius 1 is 1.20 bits per heavy atom. The van der Waals surface area contributed by atoms with Crippen molar-refractivity contribution in [3.63, 3.8) is 0 Å². The summed E-state index contributed by atoms with van der Waals surface area (Å²) in [6, 6.07) is 8.56. The van der Waals surface area contributed by atoms with E-state index in [1.807, 2.05) is 6.07 Å². The van der Waals surface area contributed by atoms with Gasteiger partial charge < -0.3 is 20.4 Å². The summed E-state index contributed by atoms with van der Waals surface area (Å²) in [6.45, 7) is 1.41. The summed E-state index contributed by atoms with van der Waals surface area (Å²) >= 11 is 3.39. The van der Waals surface area contributed by atoms with Gasteiger partial charge in [0.15, 0.2) is 0 Å². The highest BCUT2D eigenvalue weighted by atomic mass is 79.9. The zero-order valence-corrected chi connectivity index (χ0v) is 15.1. The molecule has 0 spiro atoms. The van der Waals surface area contributed by atoms with Gasteiger partial charge in [0.05, 0.1) is 30.2 Å². The molecule has 0 atom stereocenters. The monoisotopic (exact) mass is 402 g/mol. The first-order valence-corrected chi connectivity index (χ1v) is 8.17. The molecule has 1 aromatic heterocycles. The SMILES string of the molecule is COc1cc(NC(=O)c2cc(Br)cc3[nH]cnc23)ccc1NC(C)=O. The van der Waals surface area contributed by atoms with E-state index in [4.69, 9.17) is 4.74 Å². The molecule has 8 heteroatoms. The Morgan fingerprint density at radius 2 is 2.00 bits per heavy atom. The van der Waals surface area contributed by atoms with Gasteiger partial charge in [0, 0.05) is 23.2 Å². The molecule has 3 aromatic rings. The largest absolute Gasteiger partial charge is 0.494 e. The third-order valence-electron chi connectivity index (χ3n) is 3.50. The minimum Gasteiger partial charge on any atom is -0.494 e. The number of carbonyl (C=O) groups is 2. The third-order valence-corrected chi connectivity index (χ3v) is 3.96. The van der Waals surface area contributed by atoms with Gasteiger partial charge in [-0.3, -0.25) is 9.59 Å². The van der Waals surface area contributed by atoms with E-state index in [1.165, 1.54) is 14.0 Å². The number of benzene rings is 2. The number of halogens is 1. The van der Waals surface area contributed by atoms with Crippen molar-refractivity contribution in [2.24, 2.45) is 0 Å². The summed E-state index contributed by atoms with van der Waals surface area (Å²) in [5.41, 5.74) is 2.86. The van der Waals surface area contributed by atoms with Crippen molar-refractivity contribution in [3.8, 4) is 5.75 Å². The lowest BCUT2D eigenvalue weighted by atomic mass is 10.1. The normalized spacial score (nSPS) is 10.5. The maximum Gasteiger partial charge on any atom is 0.257 e. The zero-order valence-electron chi connectivity index (χ0n) is 13.5. The summed E-state index contributed by atoms with van der Waals surface area (Å²) in [7, 11) is 1.49. The number of imidazole rings is 1. The molecule has 0 aliphatic rings. The van der Waals surface area contributed by atoms with Crippen LogP contribution in [0.4, 0.5) is 11.4 Å². The quantitative estimate of drug-likeness (QED) is 0.621. The van der Waals surface area contributed by atoms with Gasteiger partial charge in [0.2, 0.25) is 5.91 Å². The molecule has 25 heavy (non-hydrogen) atoms. The Kier molecular flexibility index (Phi) is 4.71. The lowest BCUT2D eigenvalue weighted by Crippen LogP contribution is -2.13. The van der Waals surface area contributed by atoms with Crippen molar-refractivity contribution in [3.05, 3.63) is 46.7 Å². The average molecular weight is 403 g/mol. The average Bonchev–Trinajstić information content (AvgIpc) is 3.03. The first kappa shape index (κ1) is 17.0. The number of carbonyl (C=O) groups excluding carboxylic acids is 2. The van der Waals surface area contributed by atoms with Crippen LogP contribution in [0.25, 0.3) is 11.0 Å². The van der Waals surface area contributed by atoms with Crippen molar-refractivity contribution < 1.29 is 14.3 Å². The van der Waals surface area contributed by atoms with Crippen LogP contribution in [-0.2, 0) is 4.79 Å². The molecule has 2 amide bonds. The number of hydrogen-bond donors (Lipinski definition) is 3. The minimum atomic E-state index is -0.298. The van der Waals surface area contributed by atoms with Crippen molar-refractivity contribution in [1.29, 1.82) is 0 Å². The first-order valence-electron chi connectivity index (χ1n) is 7.37. The second-order valence-corrected chi connectivity index (χ2v) is 6.22. The maximum absolute atomic E-state index is 12.6. The molecular formula is C17H15BrN4O3. The highest BCUT2D eigenvalue weighted by Gasteiger charge is 2.15. The van der Waals surface area contributed by atoms with Crippen LogP contribution in [0.1, 0.15) is 17.3 Å². The predicted octanol–water partition coefficient (Wildman–Crippen LogP) is 3.54. The number of rotatable bonds is 4. The van der Waals surface area contributed by atoms with Gasteiger partial charge in [-0.05, 0) is 24.3 Å². The number of aromatic amines is 1. The van der Waals surface area contributed by atoms with Crippen LogP contribution < -0.4 is 15.4 Å². The van der Waals surface area contributed by atoms with Gasteiger partial charge in [0.1, 0.15) is 11.3 Å². The van der Waals surface area contributed by atoms with Crippen molar-refractivity contribution >= 4 is 50.2 Å². The third kappa shape index (κ3) is 3.63. The number of ether oxygens (including phenoxy) is 1. The van der Waals surface area contributed by atoms with Crippen molar-refractivity contribution in [2.45, 2.75) is 6.92 Å². The molecular weight excluding hydrogens is 388 g/mol. The second kappa shape index (κ2) is 6.94. The van der Waals surface area contributed by atoms with Crippen LogP contribution in [-0.4, -0.2) is 28.9 Å². The first-order chi connectivity index (χ1) is 12.0. The number of hydrogen-bond acceptors (Lipinski definition) is 4. The maximum atomic E-state index is 12.6. The number of nitrogens with one attached hydrogen (secondary N) is 3. The molecule has 0 saturated carbocycles. The molecule has 0 saturated heterocycles. The number of nitrogens with zero attached hydrogens (tertiary/aromatic N) is 1. The van der Waals surface area contributed by atoms with Crippen LogP contribution in [0.2, 0.25) is 0 Å². The Bertz CT molecular complexity index is 968. The van der Waals surface area contributed by atoms with E-state index in [9.17, 15) is 9.59 Å². The number of amides is 2. The van der Waals surface area contributed by atoms with Crippen LogP contribution in [0.5, 0.6) is 5.75 Å². The Morgan fingerprint density at radius 3 is 2.72 bits per heavy atom. The minimum absolute atomic E-state index is 0.204. The molecule has 2 aromatic carbocycles. The second-order valence-electron chi connectivity index (χ2n) is 5.30. The number of methoxy groups -OCH3 is 1. The predicted molar refractivity (Wildman–Crippen MR) is 99.0 cm³/mol. The Hall–Kier alpha value is -2.87. The van der Waals surface area contributed by atoms with Crippen LogP contribution >= 0.6 is 15.9 Å². The van der Waals surface area contributed by atoms with E-state index >= 15 is 0 Å². The van der Waals surface area contributed by atoms with E-state index in [2.05, 4.69) is 36.5 Å². The molecule has 0 unspecified atom stereocenters. The molecule has 7 nitrogen and oxygen atoms in total. The zero-order chi connectivity index (χ0) is 18.0. The molecule has 1 heterocycles.